The number of aliphatic hydroxyl groups is 1. The van der Waals surface area contributed by atoms with Crippen molar-refractivity contribution >= 4 is 11.7 Å². The Kier molecular flexibility index (Phi) is 8.68. The zero-order valence-corrected chi connectivity index (χ0v) is 20.6. The maximum atomic E-state index is 12.8. The summed E-state index contributed by atoms with van der Waals surface area (Å²) in [5.41, 5.74) is -0.439. The van der Waals surface area contributed by atoms with Crippen LogP contribution in [0.25, 0.3) is 0 Å². The van der Waals surface area contributed by atoms with Crippen LogP contribution in [0.15, 0.2) is 12.3 Å². The van der Waals surface area contributed by atoms with E-state index in [0.29, 0.717) is 25.3 Å². The van der Waals surface area contributed by atoms with Gasteiger partial charge in [-0.25, -0.2) is 0 Å². The molecule has 180 valence electrons. The van der Waals surface area contributed by atoms with Crippen molar-refractivity contribution in [3.8, 4) is 6.19 Å². The molecule has 3 atom stereocenters. The van der Waals surface area contributed by atoms with E-state index in [1.807, 2.05) is 32.8 Å². The van der Waals surface area contributed by atoms with E-state index in [4.69, 9.17) is 4.74 Å². The van der Waals surface area contributed by atoms with Crippen LogP contribution in [0.3, 0.4) is 0 Å². The third-order valence-electron chi connectivity index (χ3n) is 5.45. The fraction of sp³-hybridized carbons (Fsp3) is 0.783. The van der Waals surface area contributed by atoms with Gasteiger partial charge in [0.2, 0.25) is 5.91 Å². The van der Waals surface area contributed by atoms with Gasteiger partial charge in [0.25, 0.3) is 0 Å². The first-order chi connectivity index (χ1) is 14.8. The summed E-state index contributed by atoms with van der Waals surface area (Å²) in [4.78, 5) is 16.4. The minimum absolute atomic E-state index is 0.0918. The van der Waals surface area contributed by atoms with E-state index >= 15 is 0 Å². The third kappa shape index (κ3) is 8.08. The Bertz CT molecular complexity index is 792. The zero-order valence-electron chi connectivity index (χ0n) is 20.6. The molecule has 2 unspecified atom stereocenters. The van der Waals surface area contributed by atoms with Crippen LogP contribution in [0, 0.1) is 16.9 Å². The highest BCUT2D eigenvalue weighted by Crippen LogP contribution is 2.33. The zero-order chi connectivity index (χ0) is 24.1. The number of nitrogens with zero attached hydrogens (tertiary/aromatic N) is 5. The Morgan fingerprint density at radius 1 is 1.38 bits per heavy atom. The predicted molar refractivity (Wildman–Crippen MR) is 124 cm³/mol. The summed E-state index contributed by atoms with van der Waals surface area (Å²) in [6, 6.07) is 1.37. The lowest BCUT2D eigenvalue weighted by Crippen LogP contribution is -2.41. The predicted octanol–water partition coefficient (Wildman–Crippen LogP) is 2.29. The molecule has 0 saturated carbocycles. The van der Waals surface area contributed by atoms with Crippen molar-refractivity contribution in [1.29, 1.82) is 5.26 Å². The summed E-state index contributed by atoms with van der Waals surface area (Å²) < 4.78 is 7.60. The molecule has 0 radical (unpaired) electrons. The van der Waals surface area contributed by atoms with Gasteiger partial charge in [0.1, 0.15) is 6.04 Å². The molecule has 1 aliphatic heterocycles. The van der Waals surface area contributed by atoms with E-state index < -0.39 is 17.7 Å². The molecule has 1 aromatic heterocycles. The van der Waals surface area contributed by atoms with E-state index in [2.05, 4.69) is 37.4 Å². The monoisotopic (exact) mass is 448 g/mol. The van der Waals surface area contributed by atoms with Crippen molar-refractivity contribution in [2.45, 2.75) is 84.2 Å². The summed E-state index contributed by atoms with van der Waals surface area (Å²) in [7, 11) is 3.81. The fourth-order valence-electron chi connectivity index (χ4n) is 4.16. The number of hydrogen-bond donors (Lipinski definition) is 2. The van der Waals surface area contributed by atoms with Crippen molar-refractivity contribution in [2.75, 3.05) is 32.6 Å². The highest BCUT2D eigenvalue weighted by molar-refractivity contribution is 5.94. The van der Waals surface area contributed by atoms with E-state index in [9.17, 15) is 15.2 Å². The first kappa shape index (κ1) is 26.1. The minimum atomic E-state index is -0.562. The standard InChI is InChI=1S/C23H40N6O3/c1-22(2,3)12-17-8-9-19(29(17)16-24)21(31)25-20-10-11-28(26-20)15-23(4,5)32-14-18(30)13-27(6)7/h10-11,17-19,30H,8-9,12-15H2,1-7H3,(H,25,26,31)/t17?,18-,19?/m0/s1. The van der Waals surface area contributed by atoms with E-state index in [-0.39, 0.29) is 24.0 Å². The summed E-state index contributed by atoms with van der Waals surface area (Å²) in [5.74, 6) is 0.256. The van der Waals surface area contributed by atoms with Crippen LogP contribution in [0.5, 0.6) is 0 Å². The number of rotatable bonds is 10. The lowest BCUT2D eigenvalue weighted by atomic mass is 9.87. The minimum Gasteiger partial charge on any atom is -0.389 e. The van der Waals surface area contributed by atoms with Gasteiger partial charge >= 0.3 is 0 Å². The van der Waals surface area contributed by atoms with Crippen LogP contribution in [0.4, 0.5) is 5.82 Å². The molecule has 1 aliphatic rings. The fourth-order valence-corrected chi connectivity index (χ4v) is 4.16. The summed E-state index contributed by atoms with van der Waals surface area (Å²) in [6.07, 6.45) is 5.83. The lowest BCUT2D eigenvalue weighted by Gasteiger charge is -2.29. The number of likely N-dealkylation sites (tertiary alicyclic amines) is 1. The van der Waals surface area contributed by atoms with Crippen LogP contribution < -0.4 is 5.32 Å². The Balaban J connectivity index is 1.91. The lowest BCUT2D eigenvalue weighted by molar-refractivity contribution is -0.119. The van der Waals surface area contributed by atoms with Gasteiger partial charge in [0.05, 0.1) is 24.9 Å². The van der Waals surface area contributed by atoms with Gasteiger partial charge in [-0.15, -0.1) is 0 Å². The molecule has 0 aliphatic carbocycles. The van der Waals surface area contributed by atoms with Crippen LogP contribution in [0.2, 0.25) is 0 Å². The van der Waals surface area contributed by atoms with Crippen molar-refractivity contribution in [3.05, 3.63) is 12.3 Å². The Morgan fingerprint density at radius 3 is 2.66 bits per heavy atom. The number of aliphatic hydroxyl groups excluding tert-OH is 1. The molecular formula is C23H40N6O3. The quantitative estimate of drug-likeness (QED) is 0.529. The van der Waals surface area contributed by atoms with Gasteiger partial charge in [-0.3, -0.25) is 14.4 Å². The number of carbonyl (C=O) groups excluding carboxylic acids is 1. The molecule has 0 aromatic carbocycles. The molecule has 0 spiro atoms. The Morgan fingerprint density at radius 2 is 2.06 bits per heavy atom. The highest BCUT2D eigenvalue weighted by Gasteiger charge is 2.39. The van der Waals surface area contributed by atoms with Gasteiger partial charge in [0, 0.05) is 24.8 Å². The number of likely N-dealkylation sites (N-methyl/N-ethyl adjacent to an activating group) is 1. The average molecular weight is 449 g/mol. The topological polar surface area (TPSA) is 107 Å². The van der Waals surface area contributed by atoms with Crippen LogP contribution in [-0.2, 0) is 16.1 Å². The first-order valence-corrected chi connectivity index (χ1v) is 11.3. The van der Waals surface area contributed by atoms with E-state index in [1.165, 1.54) is 0 Å². The molecule has 2 heterocycles. The van der Waals surface area contributed by atoms with Crippen molar-refractivity contribution in [1.82, 2.24) is 19.6 Å². The molecule has 9 nitrogen and oxygen atoms in total. The maximum Gasteiger partial charge on any atom is 0.249 e. The smallest absolute Gasteiger partial charge is 0.249 e. The molecule has 1 amide bonds. The second-order valence-electron chi connectivity index (χ2n) is 10.9. The molecule has 1 saturated heterocycles. The average Bonchev–Trinajstić information content (AvgIpc) is 3.24. The van der Waals surface area contributed by atoms with Crippen molar-refractivity contribution in [2.24, 2.45) is 5.41 Å². The number of nitrogens with one attached hydrogen (secondary N) is 1. The Labute approximate surface area is 192 Å². The molecule has 1 fully saturated rings. The largest absolute Gasteiger partial charge is 0.389 e. The number of hydrogen-bond acceptors (Lipinski definition) is 7. The molecule has 32 heavy (non-hydrogen) atoms. The van der Waals surface area contributed by atoms with Crippen LogP contribution >= 0.6 is 0 Å². The van der Waals surface area contributed by atoms with Gasteiger partial charge in [-0.05, 0) is 52.6 Å². The summed E-state index contributed by atoms with van der Waals surface area (Å²) in [5, 5.41) is 26.9. The molecule has 0 bridgehead atoms. The molecular weight excluding hydrogens is 408 g/mol. The summed E-state index contributed by atoms with van der Waals surface area (Å²) >= 11 is 0. The number of ether oxygens (including phenoxy) is 1. The molecule has 2 rings (SSSR count). The molecule has 2 N–H and O–H groups in total. The normalized spacial score (nSPS) is 20.4. The second-order valence-corrected chi connectivity index (χ2v) is 10.9. The van der Waals surface area contributed by atoms with Gasteiger partial charge < -0.3 is 20.1 Å². The van der Waals surface area contributed by atoms with Crippen LogP contribution in [0.1, 0.15) is 53.9 Å². The Hall–Kier alpha value is -2.15. The number of aromatic nitrogens is 2. The highest BCUT2D eigenvalue weighted by atomic mass is 16.5. The summed E-state index contributed by atoms with van der Waals surface area (Å²) in [6.45, 7) is 11.6. The van der Waals surface area contributed by atoms with E-state index in [0.717, 1.165) is 12.8 Å². The number of amides is 1. The van der Waals surface area contributed by atoms with Gasteiger partial charge in [0.15, 0.2) is 12.0 Å². The molecule has 9 heteroatoms. The third-order valence-corrected chi connectivity index (χ3v) is 5.45. The van der Waals surface area contributed by atoms with Crippen molar-refractivity contribution in [3.63, 3.8) is 0 Å². The second kappa shape index (κ2) is 10.6. The first-order valence-electron chi connectivity index (χ1n) is 11.3. The number of anilines is 1. The maximum absolute atomic E-state index is 12.8. The number of carbonyl (C=O) groups is 1. The van der Waals surface area contributed by atoms with Crippen LogP contribution in [-0.4, -0.2) is 81.6 Å². The number of nitriles is 1. The van der Waals surface area contributed by atoms with Crippen molar-refractivity contribution < 1.29 is 14.6 Å². The SMILES string of the molecule is CN(C)C[C@H](O)COC(C)(C)Cn1ccc(NC(=O)C2CCC(CC(C)(C)C)N2C#N)n1. The molecule has 1 aromatic rings. The van der Waals surface area contributed by atoms with Gasteiger partial charge in [-0.1, -0.05) is 20.8 Å². The van der Waals surface area contributed by atoms with E-state index in [1.54, 1.807) is 21.8 Å². The van der Waals surface area contributed by atoms with Gasteiger partial charge in [-0.2, -0.15) is 10.4 Å².